The van der Waals surface area contributed by atoms with Crippen LogP contribution in [0.3, 0.4) is 0 Å². The molecule has 0 unspecified atom stereocenters. The van der Waals surface area contributed by atoms with Gasteiger partial charge < -0.3 is 20.1 Å². The van der Waals surface area contributed by atoms with Crippen molar-refractivity contribution in [1.29, 1.82) is 0 Å². The minimum absolute atomic E-state index is 0.0771. The standard InChI is InChI=1S/C24H28N2O3/c1-24(2,3)16-6-4-15(5-7-16)14-29-17-8-9-20-19(12-17)18-10-11-25-21(13-22(27)28)23(18)26-20/h4-9,12,21,25-26H,10-11,13-14H2,1-3H3,(H,27,28)/t21-/m1/s1. The first-order chi connectivity index (χ1) is 13.8. The summed E-state index contributed by atoms with van der Waals surface area (Å²) in [6.45, 7) is 7.93. The zero-order chi connectivity index (χ0) is 20.6. The van der Waals surface area contributed by atoms with Crippen LogP contribution in [-0.4, -0.2) is 22.6 Å². The number of fused-ring (bicyclic) bond motifs is 3. The fourth-order valence-electron chi connectivity index (χ4n) is 3.99. The third-order valence-corrected chi connectivity index (χ3v) is 5.63. The molecular formula is C24H28N2O3. The maximum Gasteiger partial charge on any atom is 0.305 e. The Kier molecular flexibility index (Phi) is 5.09. The van der Waals surface area contributed by atoms with Crippen LogP contribution in [0.5, 0.6) is 5.75 Å². The molecule has 2 heterocycles. The summed E-state index contributed by atoms with van der Waals surface area (Å²) in [5.74, 6) is 0.0306. The molecule has 0 amide bonds. The maximum atomic E-state index is 11.2. The lowest BCUT2D eigenvalue weighted by Crippen LogP contribution is -2.31. The van der Waals surface area contributed by atoms with E-state index in [1.54, 1.807) is 0 Å². The summed E-state index contributed by atoms with van der Waals surface area (Å²) >= 11 is 0. The fraction of sp³-hybridized carbons (Fsp3) is 0.375. The summed E-state index contributed by atoms with van der Waals surface area (Å²) in [6, 6.07) is 14.5. The van der Waals surface area contributed by atoms with Gasteiger partial charge in [0.2, 0.25) is 0 Å². The number of hydrogen-bond donors (Lipinski definition) is 3. The molecule has 1 aliphatic heterocycles. The molecule has 0 bridgehead atoms. The van der Waals surface area contributed by atoms with Gasteiger partial charge in [-0.3, -0.25) is 4.79 Å². The van der Waals surface area contributed by atoms with Crippen molar-refractivity contribution in [3.8, 4) is 5.75 Å². The topological polar surface area (TPSA) is 74.3 Å². The minimum Gasteiger partial charge on any atom is -0.489 e. The molecule has 5 heteroatoms. The molecule has 3 N–H and O–H groups in total. The van der Waals surface area contributed by atoms with Gasteiger partial charge >= 0.3 is 5.97 Å². The van der Waals surface area contributed by atoms with Crippen molar-refractivity contribution in [2.75, 3.05) is 6.54 Å². The highest BCUT2D eigenvalue weighted by Gasteiger charge is 2.25. The summed E-state index contributed by atoms with van der Waals surface area (Å²) in [6.07, 6.45) is 0.955. The van der Waals surface area contributed by atoms with E-state index in [9.17, 15) is 9.90 Å². The Morgan fingerprint density at radius 2 is 1.93 bits per heavy atom. The number of carboxylic acid groups (broad SMARTS) is 1. The number of nitrogens with one attached hydrogen (secondary N) is 2. The number of aliphatic carboxylic acids is 1. The van der Waals surface area contributed by atoms with E-state index in [1.165, 1.54) is 11.1 Å². The molecule has 1 aromatic heterocycles. The van der Waals surface area contributed by atoms with Crippen molar-refractivity contribution in [2.45, 2.75) is 51.7 Å². The molecule has 29 heavy (non-hydrogen) atoms. The second kappa shape index (κ2) is 7.56. The third-order valence-electron chi connectivity index (χ3n) is 5.63. The summed E-state index contributed by atoms with van der Waals surface area (Å²) in [5.41, 5.74) is 5.81. The van der Waals surface area contributed by atoms with Crippen LogP contribution in [0, 0.1) is 0 Å². The number of aromatic nitrogens is 1. The highest BCUT2D eigenvalue weighted by atomic mass is 16.5. The summed E-state index contributed by atoms with van der Waals surface area (Å²) in [7, 11) is 0. The third kappa shape index (κ3) is 4.15. The second-order valence-corrected chi connectivity index (χ2v) is 8.81. The fourth-order valence-corrected chi connectivity index (χ4v) is 3.99. The maximum absolute atomic E-state index is 11.2. The van der Waals surface area contributed by atoms with Gasteiger partial charge in [-0.05, 0) is 53.3 Å². The Morgan fingerprint density at radius 1 is 1.17 bits per heavy atom. The first-order valence-corrected chi connectivity index (χ1v) is 10.1. The van der Waals surface area contributed by atoms with Crippen LogP contribution in [0.25, 0.3) is 10.9 Å². The van der Waals surface area contributed by atoms with Gasteiger partial charge in [0.25, 0.3) is 0 Å². The number of hydrogen-bond acceptors (Lipinski definition) is 3. The van der Waals surface area contributed by atoms with Gasteiger partial charge in [0, 0.05) is 16.6 Å². The van der Waals surface area contributed by atoms with Crippen molar-refractivity contribution in [1.82, 2.24) is 10.3 Å². The summed E-state index contributed by atoms with van der Waals surface area (Å²) in [4.78, 5) is 14.6. The monoisotopic (exact) mass is 392 g/mol. The SMILES string of the molecule is CC(C)(C)c1ccc(COc2ccc3[nH]c4c(c3c2)CCN[C@@H]4CC(=O)O)cc1. The lowest BCUT2D eigenvalue weighted by molar-refractivity contribution is -0.137. The number of benzene rings is 2. The molecule has 0 fully saturated rings. The summed E-state index contributed by atoms with van der Waals surface area (Å²) < 4.78 is 6.05. The van der Waals surface area contributed by atoms with Crippen LogP contribution in [0.15, 0.2) is 42.5 Å². The molecule has 4 rings (SSSR count). The van der Waals surface area contributed by atoms with Crippen molar-refractivity contribution in [2.24, 2.45) is 0 Å². The molecule has 0 aliphatic carbocycles. The Labute approximate surface area is 171 Å². The second-order valence-electron chi connectivity index (χ2n) is 8.81. The molecule has 5 nitrogen and oxygen atoms in total. The Hall–Kier alpha value is -2.79. The molecule has 1 atom stereocenters. The van der Waals surface area contributed by atoms with Gasteiger partial charge in [-0.2, -0.15) is 0 Å². The number of rotatable bonds is 5. The molecule has 152 valence electrons. The van der Waals surface area contributed by atoms with E-state index >= 15 is 0 Å². The first kappa shape index (κ1) is 19.5. The van der Waals surface area contributed by atoms with Crippen LogP contribution in [0.4, 0.5) is 0 Å². The average molecular weight is 392 g/mol. The quantitative estimate of drug-likeness (QED) is 0.588. The average Bonchev–Trinajstić information content (AvgIpc) is 3.05. The van der Waals surface area contributed by atoms with Gasteiger partial charge in [0.1, 0.15) is 12.4 Å². The molecule has 0 radical (unpaired) electrons. The zero-order valence-electron chi connectivity index (χ0n) is 17.2. The lowest BCUT2D eigenvalue weighted by Gasteiger charge is -2.22. The Balaban J connectivity index is 1.53. The van der Waals surface area contributed by atoms with Crippen molar-refractivity contribution in [3.05, 3.63) is 64.8 Å². The smallest absolute Gasteiger partial charge is 0.305 e. The highest BCUT2D eigenvalue weighted by Crippen LogP contribution is 2.33. The summed E-state index contributed by atoms with van der Waals surface area (Å²) in [5, 5.41) is 13.6. The highest BCUT2D eigenvalue weighted by molar-refractivity contribution is 5.86. The van der Waals surface area contributed by atoms with Crippen LogP contribution in [0.1, 0.15) is 55.6 Å². The van der Waals surface area contributed by atoms with E-state index in [2.05, 4.69) is 61.4 Å². The molecule has 3 aromatic rings. The number of ether oxygens (including phenoxy) is 1. The van der Waals surface area contributed by atoms with Crippen LogP contribution >= 0.6 is 0 Å². The Morgan fingerprint density at radius 3 is 2.62 bits per heavy atom. The van der Waals surface area contributed by atoms with E-state index < -0.39 is 5.97 Å². The molecule has 2 aromatic carbocycles. The molecule has 1 aliphatic rings. The van der Waals surface area contributed by atoms with Gasteiger partial charge in [-0.25, -0.2) is 0 Å². The molecule has 0 saturated carbocycles. The van der Waals surface area contributed by atoms with E-state index in [1.807, 2.05) is 12.1 Å². The van der Waals surface area contributed by atoms with Gasteiger partial charge in [-0.15, -0.1) is 0 Å². The lowest BCUT2D eigenvalue weighted by atomic mass is 9.87. The molecule has 0 saturated heterocycles. The predicted molar refractivity (Wildman–Crippen MR) is 114 cm³/mol. The molecular weight excluding hydrogens is 364 g/mol. The van der Waals surface area contributed by atoms with Crippen LogP contribution in [0.2, 0.25) is 0 Å². The van der Waals surface area contributed by atoms with E-state index in [-0.39, 0.29) is 17.9 Å². The van der Waals surface area contributed by atoms with E-state index in [4.69, 9.17) is 4.74 Å². The van der Waals surface area contributed by atoms with Crippen LogP contribution in [-0.2, 0) is 23.2 Å². The van der Waals surface area contributed by atoms with E-state index in [0.29, 0.717) is 6.61 Å². The molecule has 0 spiro atoms. The number of H-pyrrole nitrogens is 1. The minimum atomic E-state index is -0.796. The van der Waals surface area contributed by atoms with Crippen molar-refractivity contribution < 1.29 is 14.6 Å². The van der Waals surface area contributed by atoms with E-state index in [0.717, 1.165) is 40.9 Å². The van der Waals surface area contributed by atoms with Gasteiger partial charge in [-0.1, -0.05) is 45.0 Å². The normalized spacial score (nSPS) is 16.6. The number of carbonyl (C=O) groups is 1. The first-order valence-electron chi connectivity index (χ1n) is 10.1. The predicted octanol–water partition coefficient (Wildman–Crippen LogP) is 4.71. The van der Waals surface area contributed by atoms with Crippen molar-refractivity contribution >= 4 is 16.9 Å². The zero-order valence-corrected chi connectivity index (χ0v) is 17.2. The number of aromatic amines is 1. The van der Waals surface area contributed by atoms with Crippen molar-refractivity contribution in [3.63, 3.8) is 0 Å². The van der Waals surface area contributed by atoms with Crippen LogP contribution < -0.4 is 10.1 Å². The number of carboxylic acids is 1. The largest absolute Gasteiger partial charge is 0.489 e. The Bertz CT molecular complexity index is 1030. The van der Waals surface area contributed by atoms with Gasteiger partial charge in [0.05, 0.1) is 12.5 Å². The van der Waals surface area contributed by atoms with Gasteiger partial charge in [0.15, 0.2) is 0 Å².